The SMILES string of the molecule is NC(=O)N(N=C=O)C(=O)N(CCCCCCN(N=C=O)C(=O)N(N=C=O)C(N)=O)N=C=O. The number of carbonyl (C=O) groups is 4. The molecule has 0 aliphatic heterocycles. The van der Waals surface area contributed by atoms with Crippen LogP contribution in [0.4, 0.5) is 19.2 Å². The predicted molar refractivity (Wildman–Crippen MR) is 98.0 cm³/mol. The number of imide groups is 2. The maximum Gasteiger partial charge on any atom is 0.371 e. The molecule has 18 heteroatoms. The minimum absolute atomic E-state index is 0.0545. The van der Waals surface area contributed by atoms with E-state index >= 15 is 0 Å². The molecule has 0 saturated carbocycles. The van der Waals surface area contributed by atoms with Crippen molar-refractivity contribution in [1.29, 1.82) is 0 Å². The summed E-state index contributed by atoms with van der Waals surface area (Å²) in [7, 11) is 0. The fourth-order valence-electron chi connectivity index (χ4n) is 2.03. The lowest BCUT2D eigenvalue weighted by Gasteiger charge is -2.19. The smallest absolute Gasteiger partial charge is 0.350 e. The van der Waals surface area contributed by atoms with Gasteiger partial charge in [0.1, 0.15) is 0 Å². The van der Waals surface area contributed by atoms with E-state index in [1.54, 1.807) is 0 Å². The second-order valence-electron chi connectivity index (χ2n) is 5.29. The molecular formula is C14H16N10O8. The number of primary amides is 2. The summed E-state index contributed by atoms with van der Waals surface area (Å²) < 4.78 is 0. The van der Waals surface area contributed by atoms with Gasteiger partial charge in [0.25, 0.3) is 24.3 Å². The van der Waals surface area contributed by atoms with Crippen LogP contribution in [0.1, 0.15) is 25.7 Å². The van der Waals surface area contributed by atoms with Gasteiger partial charge in [-0.2, -0.15) is 0 Å². The van der Waals surface area contributed by atoms with Crippen molar-refractivity contribution < 1.29 is 38.4 Å². The molecule has 32 heavy (non-hydrogen) atoms. The number of amides is 8. The van der Waals surface area contributed by atoms with Gasteiger partial charge in [0.15, 0.2) is 0 Å². The average molecular weight is 452 g/mol. The van der Waals surface area contributed by atoms with E-state index in [0.29, 0.717) is 22.9 Å². The molecule has 0 spiro atoms. The molecule has 0 aromatic rings. The van der Waals surface area contributed by atoms with Gasteiger partial charge in [-0.1, -0.05) is 33.2 Å². The first-order chi connectivity index (χ1) is 15.2. The van der Waals surface area contributed by atoms with Crippen LogP contribution in [0.15, 0.2) is 20.4 Å². The molecule has 170 valence electrons. The molecule has 0 unspecified atom stereocenters. The van der Waals surface area contributed by atoms with E-state index in [-0.39, 0.29) is 35.9 Å². The topological polar surface area (TPSA) is 251 Å². The second kappa shape index (κ2) is 14.9. The zero-order valence-electron chi connectivity index (χ0n) is 16.2. The third-order valence-electron chi connectivity index (χ3n) is 3.32. The van der Waals surface area contributed by atoms with Crippen molar-refractivity contribution >= 4 is 48.4 Å². The van der Waals surface area contributed by atoms with Gasteiger partial charge in [-0.05, 0) is 12.8 Å². The van der Waals surface area contributed by atoms with E-state index in [1.807, 2.05) is 0 Å². The summed E-state index contributed by atoms with van der Waals surface area (Å²) in [6, 6.07) is -5.39. The molecule has 0 atom stereocenters. The zero-order valence-corrected chi connectivity index (χ0v) is 16.2. The van der Waals surface area contributed by atoms with Gasteiger partial charge in [-0.3, -0.25) is 0 Å². The third kappa shape index (κ3) is 9.00. The molecule has 0 fully saturated rings. The van der Waals surface area contributed by atoms with Gasteiger partial charge < -0.3 is 11.5 Å². The first kappa shape index (κ1) is 27.0. The number of hydrogen-bond acceptors (Lipinski definition) is 12. The molecule has 0 radical (unpaired) electrons. The van der Waals surface area contributed by atoms with Crippen LogP contribution in [-0.2, 0) is 19.2 Å². The molecule has 0 heterocycles. The highest BCUT2D eigenvalue weighted by molar-refractivity contribution is 5.93. The van der Waals surface area contributed by atoms with Gasteiger partial charge in [0.05, 0.1) is 0 Å². The zero-order chi connectivity index (χ0) is 24.5. The highest BCUT2D eigenvalue weighted by Gasteiger charge is 2.26. The molecule has 0 aliphatic rings. The Morgan fingerprint density at radius 3 is 1.12 bits per heavy atom. The van der Waals surface area contributed by atoms with E-state index in [2.05, 4.69) is 20.4 Å². The van der Waals surface area contributed by atoms with Gasteiger partial charge in [0, 0.05) is 13.1 Å². The van der Waals surface area contributed by atoms with E-state index in [9.17, 15) is 38.4 Å². The van der Waals surface area contributed by atoms with Crippen molar-refractivity contribution in [2.75, 3.05) is 13.1 Å². The lowest BCUT2D eigenvalue weighted by molar-refractivity contribution is 0.156. The van der Waals surface area contributed by atoms with Crippen LogP contribution in [0.3, 0.4) is 0 Å². The molecular weight excluding hydrogens is 436 g/mol. The molecule has 0 bridgehead atoms. The summed E-state index contributed by atoms with van der Waals surface area (Å²) in [6.45, 7) is -0.407. The van der Waals surface area contributed by atoms with Crippen molar-refractivity contribution in [3.8, 4) is 0 Å². The van der Waals surface area contributed by atoms with Crippen molar-refractivity contribution in [3.63, 3.8) is 0 Å². The Labute approximate surface area is 178 Å². The highest BCUT2D eigenvalue weighted by atomic mass is 16.2. The Hall–Kier alpha value is -5.00. The van der Waals surface area contributed by atoms with Crippen LogP contribution in [0, 0.1) is 0 Å². The van der Waals surface area contributed by atoms with Crippen molar-refractivity contribution in [3.05, 3.63) is 0 Å². The van der Waals surface area contributed by atoms with Crippen molar-refractivity contribution in [1.82, 2.24) is 20.0 Å². The molecule has 4 N–H and O–H groups in total. The van der Waals surface area contributed by atoms with Crippen LogP contribution in [0.5, 0.6) is 0 Å². The van der Waals surface area contributed by atoms with Crippen molar-refractivity contribution in [2.45, 2.75) is 25.7 Å². The number of carbonyl (C=O) groups excluding carboxylic acids is 8. The second-order valence-corrected chi connectivity index (χ2v) is 5.29. The molecule has 8 amide bonds. The lowest BCUT2D eigenvalue weighted by Crippen LogP contribution is -2.44. The van der Waals surface area contributed by atoms with Crippen LogP contribution in [0.2, 0.25) is 0 Å². The molecule has 18 nitrogen and oxygen atoms in total. The maximum absolute atomic E-state index is 12.0. The van der Waals surface area contributed by atoms with E-state index < -0.39 is 24.1 Å². The normalized spacial score (nSPS) is 8.88. The Morgan fingerprint density at radius 2 is 0.875 bits per heavy atom. The van der Waals surface area contributed by atoms with Crippen molar-refractivity contribution in [2.24, 2.45) is 31.9 Å². The summed E-state index contributed by atoms with van der Waals surface area (Å²) in [6.07, 6.45) is 5.24. The Bertz CT molecular complexity index is 834. The summed E-state index contributed by atoms with van der Waals surface area (Å²) >= 11 is 0. The summed E-state index contributed by atoms with van der Waals surface area (Å²) in [5.74, 6) is 0. The van der Waals surface area contributed by atoms with Gasteiger partial charge >= 0.3 is 24.1 Å². The highest BCUT2D eigenvalue weighted by Crippen LogP contribution is 2.08. The Kier molecular flexibility index (Phi) is 12.6. The quantitative estimate of drug-likeness (QED) is 0.172. The molecule has 0 aliphatic carbocycles. The van der Waals surface area contributed by atoms with Gasteiger partial charge in [0.2, 0.25) is 0 Å². The van der Waals surface area contributed by atoms with E-state index in [0.717, 1.165) is 24.3 Å². The van der Waals surface area contributed by atoms with E-state index in [1.165, 1.54) is 0 Å². The number of rotatable bonds is 11. The number of urea groups is 4. The average Bonchev–Trinajstić information content (AvgIpc) is 2.75. The summed E-state index contributed by atoms with van der Waals surface area (Å²) in [5, 5.41) is 12.7. The number of unbranched alkanes of at least 4 members (excludes halogenated alkanes) is 3. The van der Waals surface area contributed by atoms with Gasteiger partial charge in [-0.25, -0.2) is 48.4 Å². The Balaban J connectivity index is 4.83. The van der Waals surface area contributed by atoms with Crippen LogP contribution in [0.25, 0.3) is 0 Å². The number of nitrogens with two attached hydrogens (primary N) is 2. The summed E-state index contributed by atoms with van der Waals surface area (Å²) in [4.78, 5) is 87.8. The molecule has 0 aromatic heterocycles. The molecule has 0 rings (SSSR count). The minimum atomic E-state index is -1.41. The fourth-order valence-corrected chi connectivity index (χ4v) is 2.03. The summed E-state index contributed by atoms with van der Waals surface area (Å²) in [5.41, 5.74) is 9.77. The van der Waals surface area contributed by atoms with E-state index in [4.69, 9.17) is 11.5 Å². The Morgan fingerprint density at radius 1 is 0.562 bits per heavy atom. The van der Waals surface area contributed by atoms with Crippen LogP contribution in [-0.4, -0.2) is 81.6 Å². The number of nitrogens with zero attached hydrogens (tertiary/aromatic N) is 8. The molecule has 0 saturated heterocycles. The minimum Gasteiger partial charge on any atom is -0.350 e. The van der Waals surface area contributed by atoms with Crippen LogP contribution < -0.4 is 11.5 Å². The number of isocyanates is 4. The monoisotopic (exact) mass is 452 g/mol. The first-order valence-electron chi connectivity index (χ1n) is 8.38. The lowest BCUT2D eigenvalue weighted by atomic mass is 10.2. The first-order valence-corrected chi connectivity index (χ1v) is 8.38. The largest absolute Gasteiger partial charge is 0.371 e. The number of hydrazone groups is 4. The van der Waals surface area contributed by atoms with Crippen LogP contribution >= 0.6 is 0 Å². The predicted octanol–water partition coefficient (Wildman–Crippen LogP) is -0.845. The fraction of sp³-hybridized carbons (Fsp3) is 0.429. The number of hydrogen-bond donors (Lipinski definition) is 2. The maximum atomic E-state index is 12.0. The third-order valence-corrected chi connectivity index (χ3v) is 3.32. The standard InChI is InChI=1S/C14H16N10O8/c15-11(29)23(19-9-27)13(31)21(17-7-25)5-3-1-2-4-6-22(18-8-26)14(32)24(12(16)30)20-10-28/h1-6H2,(H2,15,29)(H2,16,30). The molecule has 0 aromatic carbocycles. The van der Waals surface area contributed by atoms with Gasteiger partial charge in [-0.15, -0.1) is 10.0 Å².